The van der Waals surface area contributed by atoms with Crippen molar-refractivity contribution in [2.24, 2.45) is 0 Å². The third kappa shape index (κ3) is 2.12. The van der Waals surface area contributed by atoms with E-state index < -0.39 is 11.7 Å². The van der Waals surface area contributed by atoms with Crippen molar-refractivity contribution in [2.75, 3.05) is 7.11 Å². The van der Waals surface area contributed by atoms with Gasteiger partial charge in [0.1, 0.15) is 5.75 Å². The number of halogens is 4. The molecular weight excluding hydrogens is 217 g/mol. The molecule has 1 aromatic carbocycles. The molecule has 1 rings (SSSR count). The van der Waals surface area contributed by atoms with Gasteiger partial charge in [-0.3, -0.25) is 0 Å². The van der Waals surface area contributed by atoms with Gasteiger partial charge in [0.15, 0.2) is 0 Å². The lowest BCUT2D eigenvalue weighted by Crippen LogP contribution is -2.07. The molecule has 14 heavy (non-hydrogen) atoms. The molecule has 0 aliphatic carbocycles. The van der Waals surface area contributed by atoms with Crippen molar-refractivity contribution in [3.8, 4) is 5.75 Å². The lowest BCUT2D eigenvalue weighted by atomic mass is 10.1. The minimum atomic E-state index is -4.37. The van der Waals surface area contributed by atoms with Crippen LogP contribution in [0.2, 0.25) is 5.02 Å². The van der Waals surface area contributed by atoms with Gasteiger partial charge in [0.25, 0.3) is 0 Å². The smallest absolute Gasteiger partial charge is 0.416 e. The van der Waals surface area contributed by atoms with Crippen molar-refractivity contribution < 1.29 is 17.9 Å². The highest BCUT2D eigenvalue weighted by atomic mass is 35.5. The van der Waals surface area contributed by atoms with Gasteiger partial charge in [0, 0.05) is 0 Å². The summed E-state index contributed by atoms with van der Waals surface area (Å²) in [6.45, 7) is 1.36. The average molecular weight is 225 g/mol. The topological polar surface area (TPSA) is 9.23 Å². The number of aryl methyl sites for hydroxylation is 1. The highest BCUT2D eigenvalue weighted by Gasteiger charge is 2.33. The van der Waals surface area contributed by atoms with Gasteiger partial charge < -0.3 is 4.74 Å². The first kappa shape index (κ1) is 11.2. The fraction of sp³-hybridized carbons (Fsp3) is 0.333. The van der Waals surface area contributed by atoms with Crippen LogP contribution in [0.5, 0.6) is 5.75 Å². The van der Waals surface area contributed by atoms with E-state index in [4.69, 9.17) is 16.3 Å². The number of hydrogen-bond acceptors (Lipinski definition) is 1. The molecule has 78 valence electrons. The van der Waals surface area contributed by atoms with Gasteiger partial charge in [-0.25, -0.2) is 0 Å². The van der Waals surface area contributed by atoms with E-state index in [2.05, 4.69) is 0 Å². The fourth-order valence-corrected chi connectivity index (χ4v) is 1.41. The Hall–Kier alpha value is -0.900. The number of benzene rings is 1. The third-order valence-corrected chi connectivity index (χ3v) is 2.10. The summed E-state index contributed by atoms with van der Waals surface area (Å²) in [5, 5.41) is 0.179. The van der Waals surface area contributed by atoms with Gasteiger partial charge in [-0.2, -0.15) is 13.2 Å². The fourth-order valence-electron chi connectivity index (χ4n) is 1.11. The molecular formula is C9H8ClF3O. The van der Waals surface area contributed by atoms with E-state index in [9.17, 15) is 13.2 Å². The Morgan fingerprint density at radius 1 is 1.29 bits per heavy atom. The van der Waals surface area contributed by atoms with Crippen molar-refractivity contribution in [3.63, 3.8) is 0 Å². The maximum Gasteiger partial charge on any atom is 0.416 e. The Morgan fingerprint density at radius 3 is 2.29 bits per heavy atom. The van der Waals surface area contributed by atoms with Crippen LogP contribution in [0.25, 0.3) is 0 Å². The van der Waals surface area contributed by atoms with Crippen molar-refractivity contribution in [1.82, 2.24) is 0 Å². The van der Waals surface area contributed by atoms with E-state index in [1.54, 1.807) is 0 Å². The van der Waals surface area contributed by atoms with Gasteiger partial charge in [0.2, 0.25) is 0 Å². The molecule has 0 fully saturated rings. The summed E-state index contributed by atoms with van der Waals surface area (Å²) in [5.74, 6) is 0.0320. The van der Waals surface area contributed by atoms with Crippen LogP contribution in [0, 0.1) is 6.92 Å². The van der Waals surface area contributed by atoms with Gasteiger partial charge in [-0.15, -0.1) is 0 Å². The van der Waals surface area contributed by atoms with Crippen molar-refractivity contribution >= 4 is 11.6 Å². The molecule has 0 atom stereocenters. The molecule has 0 saturated heterocycles. The Morgan fingerprint density at radius 2 is 1.86 bits per heavy atom. The lowest BCUT2D eigenvalue weighted by Gasteiger charge is -2.12. The van der Waals surface area contributed by atoms with Crippen LogP contribution < -0.4 is 4.74 Å². The summed E-state index contributed by atoms with van der Waals surface area (Å²) in [6.07, 6.45) is -4.37. The SMILES string of the molecule is COc1cc(C(F)(F)F)c(C)cc1Cl. The normalized spacial score (nSPS) is 11.6. The zero-order chi connectivity index (χ0) is 10.9. The monoisotopic (exact) mass is 224 g/mol. The first-order valence-electron chi connectivity index (χ1n) is 3.77. The molecule has 1 nitrogen and oxygen atoms in total. The van der Waals surface area contributed by atoms with Crippen molar-refractivity contribution in [3.05, 3.63) is 28.3 Å². The molecule has 0 unspecified atom stereocenters. The molecule has 0 aliphatic rings. The largest absolute Gasteiger partial charge is 0.495 e. The zero-order valence-corrected chi connectivity index (χ0v) is 8.33. The number of alkyl halides is 3. The number of hydrogen-bond donors (Lipinski definition) is 0. The van der Waals surface area contributed by atoms with Gasteiger partial charge >= 0.3 is 6.18 Å². The molecule has 0 aromatic heterocycles. The summed E-state index contributed by atoms with van der Waals surface area (Å²) in [6, 6.07) is 2.14. The van der Waals surface area contributed by atoms with Crippen LogP contribution in [0.3, 0.4) is 0 Å². The van der Waals surface area contributed by atoms with Crippen molar-refractivity contribution in [2.45, 2.75) is 13.1 Å². The molecule has 0 N–H and O–H groups in total. The third-order valence-electron chi connectivity index (χ3n) is 1.80. The summed E-state index contributed by atoms with van der Waals surface area (Å²) in [5.41, 5.74) is -0.637. The summed E-state index contributed by atoms with van der Waals surface area (Å²) >= 11 is 5.66. The van der Waals surface area contributed by atoms with Crippen LogP contribution in [0.15, 0.2) is 12.1 Å². The van der Waals surface area contributed by atoms with Crippen LogP contribution in [0.1, 0.15) is 11.1 Å². The minimum absolute atomic E-state index is 0.0320. The van der Waals surface area contributed by atoms with E-state index in [0.717, 1.165) is 6.07 Å². The molecule has 0 bridgehead atoms. The predicted octanol–water partition coefficient (Wildman–Crippen LogP) is 3.68. The highest BCUT2D eigenvalue weighted by molar-refractivity contribution is 6.32. The Bertz CT molecular complexity index is 347. The van der Waals surface area contributed by atoms with Crippen LogP contribution in [-0.4, -0.2) is 7.11 Å². The molecule has 0 heterocycles. The first-order chi connectivity index (χ1) is 6.36. The van der Waals surface area contributed by atoms with Crippen LogP contribution in [0.4, 0.5) is 13.2 Å². The Labute approximate surface area is 84.4 Å². The van der Waals surface area contributed by atoms with E-state index in [1.165, 1.54) is 20.1 Å². The maximum absolute atomic E-state index is 12.4. The van der Waals surface area contributed by atoms with E-state index >= 15 is 0 Å². The van der Waals surface area contributed by atoms with E-state index in [1.807, 2.05) is 0 Å². The van der Waals surface area contributed by atoms with E-state index in [-0.39, 0.29) is 16.3 Å². The molecule has 1 aromatic rings. The second-order valence-electron chi connectivity index (χ2n) is 2.80. The molecule has 0 aliphatic heterocycles. The van der Waals surface area contributed by atoms with Crippen molar-refractivity contribution in [1.29, 1.82) is 0 Å². The first-order valence-corrected chi connectivity index (χ1v) is 4.15. The second-order valence-corrected chi connectivity index (χ2v) is 3.21. The maximum atomic E-state index is 12.4. The zero-order valence-electron chi connectivity index (χ0n) is 7.57. The molecule has 5 heteroatoms. The number of methoxy groups -OCH3 is 1. The Kier molecular flexibility index (Phi) is 2.95. The predicted molar refractivity (Wildman–Crippen MR) is 47.7 cm³/mol. The van der Waals surface area contributed by atoms with Crippen LogP contribution in [-0.2, 0) is 6.18 Å². The Balaban J connectivity index is 3.32. The lowest BCUT2D eigenvalue weighted by molar-refractivity contribution is -0.138. The molecule has 0 saturated carbocycles. The van der Waals surface area contributed by atoms with Gasteiger partial charge in [-0.05, 0) is 24.6 Å². The summed E-state index contributed by atoms with van der Waals surface area (Å²) in [4.78, 5) is 0. The second kappa shape index (κ2) is 3.69. The van der Waals surface area contributed by atoms with E-state index in [0.29, 0.717) is 0 Å². The quantitative estimate of drug-likeness (QED) is 0.707. The summed E-state index contributed by atoms with van der Waals surface area (Å²) < 4.78 is 41.9. The average Bonchev–Trinajstić information content (AvgIpc) is 2.02. The number of ether oxygens (including phenoxy) is 1. The minimum Gasteiger partial charge on any atom is -0.495 e. The highest BCUT2D eigenvalue weighted by Crippen LogP contribution is 2.37. The summed E-state index contributed by atoms with van der Waals surface area (Å²) in [7, 11) is 1.27. The molecule has 0 radical (unpaired) electrons. The number of rotatable bonds is 1. The molecule has 0 spiro atoms. The van der Waals surface area contributed by atoms with Gasteiger partial charge in [-0.1, -0.05) is 11.6 Å². The van der Waals surface area contributed by atoms with Gasteiger partial charge in [0.05, 0.1) is 17.7 Å². The molecule has 0 amide bonds. The van der Waals surface area contributed by atoms with Crippen LogP contribution >= 0.6 is 11.6 Å². The standard InChI is InChI=1S/C9H8ClF3O/c1-5-3-7(10)8(14-2)4-6(5)9(11,12)13/h3-4H,1-2H3.